The number of carbonyl (C=O) groups is 2. The van der Waals surface area contributed by atoms with E-state index >= 15 is 0 Å². The van der Waals surface area contributed by atoms with Crippen LogP contribution >= 0.6 is 11.3 Å². The third-order valence-electron chi connectivity index (χ3n) is 2.40. The third-order valence-corrected chi connectivity index (χ3v) is 3.99. The Balaban J connectivity index is 2.79. The normalized spacial score (nSPS) is 12.5. The van der Waals surface area contributed by atoms with Crippen molar-refractivity contribution < 1.29 is 32.3 Å². The summed E-state index contributed by atoms with van der Waals surface area (Å²) < 4.78 is 32.1. The molecule has 0 saturated heterocycles. The van der Waals surface area contributed by atoms with Crippen molar-refractivity contribution in [1.29, 1.82) is 0 Å². The number of hydrogen-bond acceptors (Lipinski definition) is 11. The third kappa shape index (κ3) is 8.76. The molecule has 0 amide bonds. The Morgan fingerprint density at radius 2 is 2.00 bits per heavy atom. The first-order valence-corrected chi connectivity index (χ1v) is 10.3. The van der Waals surface area contributed by atoms with E-state index in [4.69, 9.17) is 20.0 Å². The van der Waals surface area contributed by atoms with Gasteiger partial charge in [0.25, 0.3) is 0 Å². The zero-order chi connectivity index (χ0) is 20.0. The predicted molar refractivity (Wildman–Crippen MR) is 95.5 cm³/mol. The van der Waals surface area contributed by atoms with E-state index in [2.05, 4.69) is 10.1 Å². The number of nitrogens with two attached hydrogens (primary N) is 1. The van der Waals surface area contributed by atoms with Crippen molar-refractivity contribution in [3.05, 3.63) is 11.1 Å². The Morgan fingerprint density at radius 3 is 2.50 bits per heavy atom. The second-order valence-corrected chi connectivity index (χ2v) is 9.29. The molecule has 10 nitrogen and oxygen atoms in total. The fourth-order valence-corrected chi connectivity index (χ4v) is 2.39. The number of esters is 2. The standard InChI is InChI=1S/C14H21N3O7S2/c1-14(2,3)24-10(18)7-23-17-11(9-8-25-13(15)16-9)12(19)22-5-6-26(4,20)21/h8H,5-7H2,1-4H3,(H2,15,16). The van der Waals surface area contributed by atoms with Crippen LogP contribution in [0.3, 0.4) is 0 Å². The molecule has 0 atom stereocenters. The Morgan fingerprint density at radius 1 is 1.35 bits per heavy atom. The molecular formula is C14H21N3O7S2. The molecule has 1 aromatic heterocycles. The molecule has 12 heteroatoms. The van der Waals surface area contributed by atoms with Gasteiger partial charge in [-0.15, -0.1) is 11.3 Å². The molecule has 1 aromatic rings. The summed E-state index contributed by atoms with van der Waals surface area (Å²) in [6, 6.07) is 0. The van der Waals surface area contributed by atoms with Gasteiger partial charge in [0.15, 0.2) is 15.0 Å². The highest BCUT2D eigenvalue weighted by Crippen LogP contribution is 2.13. The van der Waals surface area contributed by atoms with Crippen LogP contribution < -0.4 is 5.73 Å². The van der Waals surface area contributed by atoms with E-state index in [1.807, 2.05) is 0 Å². The van der Waals surface area contributed by atoms with Crippen LogP contribution in [0, 0.1) is 0 Å². The number of rotatable bonds is 8. The van der Waals surface area contributed by atoms with Gasteiger partial charge in [-0.2, -0.15) is 0 Å². The number of ether oxygens (including phenoxy) is 2. The van der Waals surface area contributed by atoms with Gasteiger partial charge in [0.2, 0.25) is 12.3 Å². The monoisotopic (exact) mass is 407 g/mol. The number of nitrogens with zero attached hydrogens (tertiary/aromatic N) is 2. The van der Waals surface area contributed by atoms with E-state index in [1.54, 1.807) is 20.8 Å². The maximum Gasteiger partial charge on any atom is 0.362 e. The van der Waals surface area contributed by atoms with Crippen molar-refractivity contribution >= 4 is 44.0 Å². The average molecular weight is 407 g/mol. The number of aromatic nitrogens is 1. The summed E-state index contributed by atoms with van der Waals surface area (Å²) in [6.45, 7) is 4.18. The fourth-order valence-electron chi connectivity index (χ4n) is 1.46. The molecule has 26 heavy (non-hydrogen) atoms. The zero-order valence-electron chi connectivity index (χ0n) is 14.8. The molecule has 0 saturated carbocycles. The van der Waals surface area contributed by atoms with E-state index in [0.717, 1.165) is 17.6 Å². The molecule has 146 valence electrons. The Kier molecular flexibility index (Phi) is 7.51. The van der Waals surface area contributed by atoms with Crippen LogP contribution in [0.15, 0.2) is 10.5 Å². The van der Waals surface area contributed by atoms with Gasteiger partial charge < -0.3 is 20.0 Å². The first-order valence-electron chi connectivity index (χ1n) is 7.35. The van der Waals surface area contributed by atoms with Crippen molar-refractivity contribution in [3.8, 4) is 0 Å². The molecule has 0 fully saturated rings. The first-order chi connectivity index (χ1) is 11.9. The molecule has 1 rings (SSSR count). The number of sulfone groups is 1. The summed E-state index contributed by atoms with van der Waals surface area (Å²) in [5.41, 5.74) is 4.58. The summed E-state index contributed by atoms with van der Waals surface area (Å²) in [6.07, 6.45) is 1.01. The predicted octanol–water partition coefficient (Wildman–Crippen LogP) is 0.376. The molecule has 0 aliphatic rings. The first kappa shape index (κ1) is 21.8. The number of nitrogen functional groups attached to an aromatic ring is 1. The number of carbonyl (C=O) groups excluding carboxylic acids is 2. The number of anilines is 1. The fraction of sp³-hybridized carbons (Fsp3) is 0.571. The molecular weight excluding hydrogens is 386 g/mol. The number of hydrogen-bond donors (Lipinski definition) is 1. The minimum atomic E-state index is -3.29. The van der Waals surface area contributed by atoms with E-state index in [0.29, 0.717) is 0 Å². The molecule has 1 heterocycles. The van der Waals surface area contributed by atoms with Crippen LogP contribution in [0.2, 0.25) is 0 Å². The van der Waals surface area contributed by atoms with Gasteiger partial charge >= 0.3 is 11.9 Å². The molecule has 0 bridgehead atoms. The van der Waals surface area contributed by atoms with Gasteiger partial charge in [0.05, 0.1) is 5.75 Å². The molecule has 0 radical (unpaired) electrons. The summed E-state index contributed by atoms with van der Waals surface area (Å²) >= 11 is 1.06. The number of thiazole rings is 1. The maximum absolute atomic E-state index is 12.1. The minimum absolute atomic E-state index is 0.0843. The molecule has 0 aromatic carbocycles. The van der Waals surface area contributed by atoms with Gasteiger partial charge in [-0.3, -0.25) is 0 Å². The zero-order valence-corrected chi connectivity index (χ0v) is 16.5. The molecule has 2 N–H and O–H groups in total. The minimum Gasteiger partial charge on any atom is -0.460 e. The van der Waals surface area contributed by atoms with Crippen LogP contribution in [0.5, 0.6) is 0 Å². The summed E-state index contributed by atoms with van der Waals surface area (Å²) in [4.78, 5) is 32.5. The highest BCUT2D eigenvalue weighted by atomic mass is 32.2. The van der Waals surface area contributed by atoms with E-state index in [9.17, 15) is 18.0 Å². The van der Waals surface area contributed by atoms with E-state index in [-0.39, 0.29) is 28.9 Å². The van der Waals surface area contributed by atoms with E-state index in [1.165, 1.54) is 5.38 Å². The Labute approximate surface area is 155 Å². The number of oxime groups is 1. The molecule has 0 spiro atoms. The van der Waals surface area contributed by atoms with Gasteiger partial charge in [-0.1, -0.05) is 5.16 Å². The summed E-state index contributed by atoms with van der Waals surface area (Å²) in [7, 11) is -3.29. The summed E-state index contributed by atoms with van der Waals surface area (Å²) in [5.74, 6) is -1.98. The lowest BCUT2D eigenvalue weighted by molar-refractivity contribution is -0.160. The van der Waals surface area contributed by atoms with Crippen molar-refractivity contribution in [1.82, 2.24) is 4.98 Å². The lowest BCUT2D eigenvalue weighted by Crippen LogP contribution is -2.27. The molecule has 0 unspecified atom stereocenters. The highest BCUT2D eigenvalue weighted by molar-refractivity contribution is 7.90. The van der Waals surface area contributed by atoms with Gasteiger partial charge in [-0.25, -0.2) is 23.0 Å². The van der Waals surface area contributed by atoms with Crippen LogP contribution in [-0.2, 0) is 33.7 Å². The van der Waals surface area contributed by atoms with Crippen molar-refractivity contribution in [3.63, 3.8) is 0 Å². The van der Waals surface area contributed by atoms with Gasteiger partial charge in [0, 0.05) is 11.6 Å². The average Bonchev–Trinajstić information content (AvgIpc) is 2.86. The largest absolute Gasteiger partial charge is 0.460 e. The Bertz CT molecular complexity index is 779. The highest BCUT2D eigenvalue weighted by Gasteiger charge is 2.22. The second kappa shape index (κ2) is 8.94. The van der Waals surface area contributed by atoms with Crippen LogP contribution in [0.25, 0.3) is 0 Å². The maximum atomic E-state index is 12.1. The van der Waals surface area contributed by atoms with Gasteiger partial charge in [-0.05, 0) is 20.8 Å². The quantitative estimate of drug-likeness (QED) is 0.367. The molecule has 0 aliphatic carbocycles. The second-order valence-electron chi connectivity index (χ2n) is 6.14. The van der Waals surface area contributed by atoms with Crippen LogP contribution in [0.1, 0.15) is 26.5 Å². The summed E-state index contributed by atoms with van der Waals surface area (Å²) in [5, 5.41) is 5.20. The lowest BCUT2D eigenvalue weighted by Gasteiger charge is -2.18. The molecule has 0 aliphatic heterocycles. The van der Waals surface area contributed by atoms with Crippen LogP contribution in [-0.4, -0.2) is 61.9 Å². The van der Waals surface area contributed by atoms with Crippen molar-refractivity contribution in [2.24, 2.45) is 5.16 Å². The smallest absolute Gasteiger partial charge is 0.362 e. The van der Waals surface area contributed by atoms with E-state index < -0.39 is 34.0 Å². The lowest BCUT2D eigenvalue weighted by atomic mass is 10.2. The van der Waals surface area contributed by atoms with Crippen LogP contribution in [0.4, 0.5) is 5.13 Å². The van der Waals surface area contributed by atoms with Crippen molar-refractivity contribution in [2.75, 3.05) is 31.0 Å². The Hall–Kier alpha value is -2.21. The van der Waals surface area contributed by atoms with Crippen molar-refractivity contribution in [2.45, 2.75) is 26.4 Å². The topological polar surface area (TPSA) is 147 Å². The van der Waals surface area contributed by atoms with Gasteiger partial charge in [0.1, 0.15) is 17.9 Å². The SMILES string of the molecule is CC(C)(C)OC(=O)CON=C(C(=O)OCCS(C)(=O)=O)c1csc(N)n1.